The van der Waals surface area contributed by atoms with E-state index in [0.29, 0.717) is 0 Å². The van der Waals surface area contributed by atoms with Crippen LogP contribution in [-0.4, -0.2) is 38.3 Å². The number of hydrogen-bond donors (Lipinski definition) is 1. The summed E-state index contributed by atoms with van der Waals surface area (Å²) in [4.78, 5) is 24.4. The van der Waals surface area contributed by atoms with E-state index in [-0.39, 0.29) is 50.8 Å². The zero-order chi connectivity index (χ0) is 18.6. The van der Waals surface area contributed by atoms with Crippen LogP contribution in [0.25, 0.3) is 6.08 Å². The van der Waals surface area contributed by atoms with Crippen molar-refractivity contribution in [3.63, 3.8) is 0 Å². The number of halogens is 3. The van der Waals surface area contributed by atoms with E-state index in [1.807, 2.05) is 0 Å². The fraction of sp³-hybridized carbons (Fsp3) is 0.267. The van der Waals surface area contributed by atoms with Gasteiger partial charge in [0.2, 0.25) is 0 Å². The highest BCUT2D eigenvalue weighted by atomic mass is 32.2. The van der Waals surface area contributed by atoms with E-state index in [4.69, 9.17) is 17.3 Å². The molecule has 0 atom stereocenters. The van der Waals surface area contributed by atoms with Crippen molar-refractivity contribution in [3.05, 3.63) is 34.7 Å². The van der Waals surface area contributed by atoms with Gasteiger partial charge in [0, 0.05) is 17.9 Å². The summed E-state index contributed by atoms with van der Waals surface area (Å²) in [7, 11) is 0. The normalized spacial score (nSPS) is 16.8. The van der Waals surface area contributed by atoms with Gasteiger partial charge in [-0.15, -0.1) is 0 Å². The van der Waals surface area contributed by atoms with Crippen molar-refractivity contribution in [2.45, 2.75) is 23.2 Å². The van der Waals surface area contributed by atoms with Crippen molar-refractivity contribution in [2.24, 2.45) is 0 Å². The molecule has 0 saturated carbocycles. The molecule has 10 heteroatoms. The van der Waals surface area contributed by atoms with Crippen molar-refractivity contribution in [2.75, 3.05) is 6.54 Å². The lowest BCUT2D eigenvalue weighted by Gasteiger charge is -2.13. The highest BCUT2D eigenvalue weighted by Gasteiger charge is 2.33. The molecule has 0 radical (unpaired) electrons. The van der Waals surface area contributed by atoms with E-state index in [2.05, 4.69) is 0 Å². The lowest BCUT2D eigenvalue weighted by molar-refractivity contribution is -0.137. The molecule has 25 heavy (non-hydrogen) atoms. The predicted molar refractivity (Wildman–Crippen MR) is 95.1 cm³/mol. The first-order chi connectivity index (χ1) is 11.7. The highest BCUT2D eigenvalue weighted by Crippen LogP contribution is 2.40. The third-order valence-electron chi connectivity index (χ3n) is 3.08. The number of carbonyl (C=O) groups excluding carboxylic acids is 1. The number of rotatable bonds is 6. The molecule has 1 aliphatic heterocycles. The lowest BCUT2D eigenvalue weighted by Crippen LogP contribution is -2.29. The second-order valence-corrected chi connectivity index (χ2v) is 7.70. The number of thiocarbonyl (C=S) groups is 1. The van der Waals surface area contributed by atoms with Gasteiger partial charge in [-0.3, -0.25) is 14.5 Å². The maximum absolute atomic E-state index is 12.6. The number of hydrogen-bond acceptors (Lipinski definition) is 5. The molecule has 0 unspecified atom stereocenters. The Kier molecular flexibility index (Phi) is 6.53. The first-order valence-corrected chi connectivity index (χ1v) is 9.03. The van der Waals surface area contributed by atoms with E-state index in [1.54, 1.807) is 6.07 Å². The van der Waals surface area contributed by atoms with Crippen molar-refractivity contribution in [1.29, 1.82) is 0 Å². The average molecular weight is 407 g/mol. The second-order valence-electron chi connectivity index (χ2n) is 4.92. The van der Waals surface area contributed by atoms with Gasteiger partial charge in [-0.2, -0.15) is 13.2 Å². The molecule has 1 N–H and O–H groups in total. The number of aliphatic carboxylic acids is 1. The zero-order valence-corrected chi connectivity index (χ0v) is 15.0. The van der Waals surface area contributed by atoms with Gasteiger partial charge in [0.15, 0.2) is 0 Å². The number of amides is 1. The molecule has 1 amide bonds. The van der Waals surface area contributed by atoms with Crippen LogP contribution >= 0.6 is 35.7 Å². The van der Waals surface area contributed by atoms with Crippen LogP contribution in [0.4, 0.5) is 13.2 Å². The number of alkyl halides is 3. The van der Waals surface area contributed by atoms with E-state index < -0.39 is 17.4 Å². The molecular formula is C15H12F3NO3S3. The van der Waals surface area contributed by atoms with Crippen molar-refractivity contribution in [3.8, 4) is 0 Å². The molecule has 4 nitrogen and oxygen atoms in total. The third kappa shape index (κ3) is 5.75. The van der Waals surface area contributed by atoms with Gasteiger partial charge >= 0.3 is 11.5 Å². The minimum atomic E-state index is -4.43. The van der Waals surface area contributed by atoms with E-state index in [0.717, 1.165) is 11.8 Å². The first kappa shape index (κ1) is 19.8. The smallest absolute Gasteiger partial charge is 0.446 e. The molecule has 134 valence electrons. The van der Waals surface area contributed by atoms with Gasteiger partial charge in [0.05, 0.1) is 4.91 Å². The van der Waals surface area contributed by atoms with Gasteiger partial charge in [-0.1, -0.05) is 42.2 Å². The Labute approximate surface area is 155 Å². The number of thioether (sulfide) groups is 2. The molecule has 1 heterocycles. The summed E-state index contributed by atoms with van der Waals surface area (Å²) in [6.07, 6.45) is 1.53. The summed E-state index contributed by atoms with van der Waals surface area (Å²) in [5.74, 6) is -1.40. The Bertz CT molecular complexity index is 734. The van der Waals surface area contributed by atoms with Gasteiger partial charge in [-0.05, 0) is 35.9 Å². The zero-order valence-electron chi connectivity index (χ0n) is 12.6. The summed E-state index contributed by atoms with van der Waals surface area (Å²) in [6.45, 7) is 0.160. The standard InChI is InChI=1S/C15H12F3NO3S3/c16-15(17,18)25-10-5-2-1-4-9(10)8-11-13(22)19(14(23)24-11)7-3-6-12(20)21/h1-2,4-5,8H,3,6-7H2,(H,20,21)/b11-8-. The Morgan fingerprint density at radius 3 is 2.68 bits per heavy atom. The molecule has 1 fully saturated rings. The van der Waals surface area contributed by atoms with Crippen molar-refractivity contribution < 1.29 is 27.9 Å². The van der Waals surface area contributed by atoms with E-state index in [9.17, 15) is 22.8 Å². The largest absolute Gasteiger partial charge is 0.481 e. The number of carboxylic acids is 1. The number of nitrogens with zero attached hydrogens (tertiary/aromatic N) is 1. The molecule has 1 saturated heterocycles. The van der Waals surface area contributed by atoms with Crippen LogP contribution in [0.5, 0.6) is 0 Å². The summed E-state index contributed by atoms with van der Waals surface area (Å²) in [6, 6.07) is 5.89. The summed E-state index contributed by atoms with van der Waals surface area (Å²) >= 11 is 5.85. The Balaban J connectivity index is 2.18. The lowest BCUT2D eigenvalue weighted by atomic mass is 10.2. The summed E-state index contributed by atoms with van der Waals surface area (Å²) < 4.78 is 38.2. The topological polar surface area (TPSA) is 57.6 Å². The van der Waals surface area contributed by atoms with Crippen LogP contribution in [0, 0.1) is 0 Å². The average Bonchev–Trinajstić information content (AvgIpc) is 2.75. The molecule has 1 aromatic carbocycles. The summed E-state index contributed by atoms with van der Waals surface area (Å²) in [5.41, 5.74) is -4.16. The molecule has 2 rings (SSSR count). The van der Waals surface area contributed by atoms with E-state index in [1.165, 1.54) is 29.2 Å². The van der Waals surface area contributed by atoms with Gasteiger partial charge in [0.1, 0.15) is 4.32 Å². The Morgan fingerprint density at radius 2 is 2.04 bits per heavy atom. The maximum atomic E-state index is 12.6. The van der Waals surface area contributed by atoms with Crippen LogP contribution in [0.1, 0.15) is 18.4 Å². The quantitative estimate of drug-likeness (QED) is 0.430. The Morgan fingerprint density at radius 1 is 1.36 bits per heavy atom. The van der Waals surface area contributed by atoms with Crippen LogP contribution in [-0.2, 0) is 9.59 Å². The predicted octanol–water partition coefficient (Wildman–Crippen LogP) is 4.36. The fourth-order valence-corrected chi connectivity index (χ4v) is 3.98. The summed E-state index contributed by atoms with van der Waals surface area (Å²) in [5, 5.41) is 8.64. The molecule has 0 aromatic heterocycles. The van der Waals surface area contributed by atoms with Crippen LogP contribution in [0.15, 0.2) is 34.1 Å². The van der Waals surface area contributed by atoms with Gasteiger partial charge in [0.25, 0.3) is 5.91 Å². The maximum Gasteiger partial charge on any atom is 0.446 e. The third-order valence-corrected chi connectivity index (χ3v) is 5.28. The number of carbonyl (C=O) groups is 2. The van der Waals surface area contributed by atoms with Crippen LogP contribution in [0.3, 0.4) is 0 Å². The highest BCUT2D eigenvalue weighted by molar-refractivity contribution is 8.26. The molecule has 1 aromatic rings. The number of benzene rings is 1. The van der Waals surface area contributed by atoms with Crippen molar-refractivity contribution in [1.82, 2.24) is 4.90 Å². The van der Waals surface area contributed by atoms with Gasteiger partial charge in [-0.25, -0.2) is 0 Å². The van der Waals surface area contributed by atoms with E-state index >= 15 is 0 Å². The first-order valence-electron chi connectivity index (χ1n) is 6.99. The minimum Gasteiger partial charge on any atom is -0.481 e. The van der Waals surface area contributed by atoms with Gasteiger partial charge < -0.3 is 5.11 Å². The SMILES string of the molecule is O=C(O)CCCN1C(=O)/C(=C/c2ccccc2SC(F)(F)F)SC1=S. The molecule has 0 spiro atoms. The van der Waals surface area contributed by atoms with Crippen LogP contribution < -0.4 is 0 Å². The minimum absolute atomic E-state index is 0.00820. The number of carboxylic acid groups (broad SMARTS) is 1. The molecule has 0 aliphatic carbocycles. The molecule has 1 aliphatic rings. The molecule has 0 bridgehead atoms. The van der Waals surface area contributed by atoms with Crippen LogP contribution in [0.2, 0.25) is 0 Å². The second kappa shape index (κ2) is 8.24. The fourth-order valence-electron chi connectivity index (χ4n) is 2.04. The Hall–Kier alpha value is -1.52. The van der Waals surface area contributed by atoms with Crippen molar-refractivity contribution >= 4 is 58.0 Å². The monoisotopic (exact) mass is 407 g/mol. The molecular weight excluding hydrogens is 395 g/mol.